The molecule has 0 saturated heterocycles. The predicted octanol–water partition coefficient (Wildman–Crippen LogP) is 0.991. The van der Waals surface area contributed by atoms with E-state index in [2.05, 4.69) is 19.5 Å². The fraction of sp³-hybridized carbons (Fsp3) is 0.167. The van der Waals surface area contributed by atoms with Gasteiger partial charge < -0.3 is 19.9 Å². The average molecular weight is 422 g/mol. The molecule has 2 aromatic carbocycles. The van der Waals surface area contributed by atoms with E-state index in [4.69, 9.17) is 5.11 Å². The number of aliphatic hydroxyl groups is 1. The Kier molecular flexibility index (Phi) is 6.91. The first-order valence-corrected chi connectivity index (χ1v) is 9.54. The second-order valence-electron chi connectivity index (χ2n) is 5.62. The van der Waals surface area contributed by atoms with Crippen LogP contribution in [0.2, 0.25) is 0 Å². The summed E-state index contributed by atoms with van der Waals surface area (Å²) in [7, 11) is -1.99. The summed E-state index contributed by atoms with van der Waals surface area (Å²) in [5, 5.41) is 11.2. The minimum Gasteiger partial charge on any atom is -0.465 e. The third kappa shape index (κ3) is 5.53. The molecule has 10 nitrogen and oxygen atoms in total. The summed E-state index contributed by atoms with van der Waals surface area (Å²) < 4.78 is 37.0. The van der Waals surface area contributed by atoms with Gasteiger partial charge in [0.15, 0.2) is 0 Å². The van der Waals surface area contributed by atoms with Crippen LogP contribution in [0.3, 0.4) is 0 Å². The molecule has 0 aromatic heterocycles. The van der Waals surface area contributed by atoms with Gasteiger partial charge in [0, 0.05) is 5.69 Å². The lowest BCUT2D eigenvalue weighted by Gasteiger charge is -2.12. The number of carbonyl (C=O) groups is 3. The molecular weight excluding hydrogens is 404 g/mol. The van der Waals surface area contributed by atoms with Crippen LogP contribution < -0.4 is 10.0 Å². The molecule has 1 amide bonds. The number of hydrogen-bond donors (Lipinski definition) is 3. The Morgan fingerprint density at radius 3 is 2.00 bits per heavy atom. The number of hydrogen-bond acceptors (Lipinski definition) is 8. The number of aliphatic hydroxyl groups excluding tert-OH is 1. The standard InChI is InChI=1S/C18H18N2O8S/c1-27-17(23)11-6-12(18(24)28-2)8-15(7-11)29(25,26)20-14-5-3-4-13(9-14)19-16(22)10-21/h3-9,20-21H,10H2,1-2H3,(H,19,22). The number of ether oxygens (including phenoxy) is 2. The smallest absolute Gasteiger partial charge is 0.337 e. The van der Waals surface area contributed by atoms with Crippen molar-refractivity contribution < 1.29 is 37.4 Å². The number of rotatable bonds is 7. The number of benzene rings is 2. The first kappa shape index (κ1) is 21.9. The van der Waals surface area contributed by atoms with Crippen molar-refractivity contribution in [3.63, 3.8) is 0 Å². The van der Waals surface area contributed by atoms with Crippen molar-refractivity contribution in [3.05, 3.63) is 53.6 Å². The molecule has 0 saturated carbocycles. The highest BCUT2D eigenvalue weighted by Crippen LogP contribution is 2.22. The largest absolute Gasteiger partial charge is 0.465 e. The molecule has 0 unspecified atom stereocenters. The molecule has 0 bridgehead atoms. The molecule has 0 atom stereocenters. The quantitative estimate of drug-likeness (QED) is 0.560. The zero-order valence-corrected chi connectivity index (χ0v) is 16.3. The van der Waals surface area contributed by atoms with E-state index in [-0.39, 0.29) is 27.4 Å². The summed E-state index contributed by atoms with van der Waals surface area (Å²) >= 11 is 0. The van der Waals surface area contributed by atoms with Gasteiger partial charge >= 0.3 is 11.9 Å². The van der Waals surface area contributed by atoms with E-state index < -0.39 is 34.5 Å². The molecule has 2 aromatic rings. The van der Waals surface area contributed by atoms with E-state index in [1.54, 1.807) is 0 Å². The SMILES string of the molecule is COC(=O)c1cc(C(=O)OC)cc(S(=O)(=O)Nc2cccc(NC(=O)CO)c2)c1. The molecule has 0 radical (unpaired) electrons. The van der Waals surface area contributed by atoms with Gasteiger partial charge in [0.25, 0.3) is 10.0 Å². The van der Waals surface area contributed by atoms with Crippen molar-refractivity contribution in [1.82, 2.24) is 0 Å². The van der Waals surface area contributed by atoms with E-state index in [1.807, 2.05) is 0 Å². The second kappa shape index (κ2) is 9.17. The molecule has 0 aliphatic rings. The number of esters is 2. The molecule has 154 valence electrons. The molecular formula is C18H18N2O8S. The lowest BCUT2D eigenvalue weighted by molar-refractivity contribution is -0.118. The first-order valence-electron chi connectivity index (χ1n) is 8.05. The van der Waals surface area contributed by atoms with Crippen LogP contribution in [0.15, 0.2) is 47.4 Å². The van der Waals surface area contributed by atoms with Crippen LogP contribution in [0, 0.1) is 0 Å². The van der Waals surface area contributed by atoms with Gasteiger partial charge in [-0.1, -0.05) is 6.07 Å². The fourth-order valence-corrected chi connectivity index (χ4v) is 3.42. The van der Waals surface area contributed by atoms with Gasteiger partial charge in [-0.15, -0.1) is 0 Å². The molecule has 29 heavy (non-hydrogen) atoms. The molecule has 0 spiro atoms. The van der Waals surface area contributed by atoms with Crippen LogP contribution in [0.1, 0.15) is 20.7 Å². The highest BCUT2D eigenvalue weighted by Gasteiger charge is 2.21. The summed E-state index contributed by atoms with van der Waals surface area (Å²) in [6.07, 6.45) is 0. The van der Waals surface area contributed by atoms with E-state index in [0.717, 1.165) is 32.4 Å². The lowest BCUT2D eigenvalue weighted by atomic mass is 10.1. The highest BCUT2D eigenvalue weighted by molar-refractivity contribution is 7.92. The Labute approximate surface area is 166 Å². The van der Waals surface area contributed by atoms with E-state index >= 15 is 0 Å². The van der Waals surface area contributed by atoms with Crippen molar-refractivity contribution in [2.45, 2.75) is 4.90 Å². The van der Waals surface area contributed by atoms with Crippen LogP contribution in [-0.4, -0.2) is 52.2 Å². The molecule has 11 heteroatoms. The summed E-state index contributed by atoms with van der Waals surface area (Å²) in [6.45, 7) is -0.730. The zero-order valence-electron chi connectivity index (χ0n) is 15.5. The number of amides is 1. The average Bonchev–Trinajstić information content (AvgIpc) is 2.71. The molecule has 0 heterocycles. The molecule has 3 N–H and O–H groups in total. The Balaban J connectivity index is 2.42. The van der Waals surface area contributed by atoms with Crippen molar-refractivity contribution >= 4 is 39.2 Å². The topological polar surface area (TPSA) is 148 Å². The van der Waals surface area contributed by atoms with Crippen molar-refractivity contribution in [1.29, 1.82) is 0 Å². The van der Waals surface area contributed by atoms with Crippen molar-refractivity contribution in [3.8, 4) is 0 Å². The van der Waals surface area contributed by atoms with Gasteiger partial charge in [0.2, 0.25) is 5.91 Å². The number of carbonyl (C=O) groups excluding carboxylic acids is 3. The molecule has 0 aliphatic carbocycles. The molecule has 0 aliphatic heterocycles. The summed E-state index contributed by atoms with van der Waals surface area (Å²) in [6, 6.07) is 9.00. The zero-order chi connectivity index (χ0) is 21.6. The molecule has 2 rings (SSSR count). The Morgan fingerprint density at radius 1 is 0.931 bits per heavy atom. The monoisotopic (exact) mass is 422 g/mol. The van der Waals surface area contributed by atoms with Crippen LogP contribution >= 0.6 is 0 Å². The minimum absolute atomic E-state index is 0.101. The van der Waals surface area contributed by atoms with Crippen LogP contribution in [0.4, 0.5) is 11.4 Å². The molecule has 0 fully saturated rings. The Morgan fingerprint density at radius 2 is 1.48 bits per heavy atom. The van der Waals surface area contributed by atoms with E-state index in [9.17, 15) is 22.8 Å². The van der Waals surface area contributed by atoms with Crippen LogP contribution in [0.25, 0.3) is 0 Å². The normalized spacial score (nSPS) is 10.7. The summed E-state index contributed by atoms with van der Waals surface area (Å²) in [5.41, 5.74) is 0.0473. The van der Waals surface area contributed by atoms with Crippen LogP contribution in [0.5, 0.6) is 0 Å². The van der Waals surface area contributed by atoms with E-state index in [0.29, 0.717) is 0 Å². The maximum absolute atomic E-state index is 12.8. The maximum Gasteiger partial charge on any atom is 0.337 e. The first-order chi connectivity index (χ1) is 13.7. The van der Waals surface area contributed by atoms with Crippen molar-refractivity contribution in [2.24, 2.45) is 0 Å². The number of anilines is 2. The Hall–Kier alpha value is -3.44. The number of sulfonamides is 1. The third-order valence-electron chi connectivity index (χ3n) is 3.60. The van der Waals surface area contributed by atoms with Crippen LogP contribution in [-0.2, 0) is 24.3 Å². The highest BCUT2D eigenvalue weighted by atomic mass is 32.2. The number of methoxy groups -OCH3 is 2. The van der Waals surface area contributed by atoms with Gasteiger partial charge in [-0.05, 0) is 36.4 Å². The predicted molar refractivity (Wildman–Crippen MR) is 102 cm³/mol. The minimum atomic E-state index is -4.22. The van der Waals surface area contributed by atoms with Gasteiger partial charge in [0.05, 0.1) is 35.9 Å². The fourth-order valence-electron chi connectivity index (χ4n) is 2.30. The summed E-state index contributed by atoms with van der Waals surface area (Å²) in [5.74, 6) is -2.33. The lowest BCUT2D eigenvalue weighted by Crippen LogP contribution is -2.17. The van der Waals surface area contributed by atoms with Crippen molar-refractivity contribution in [2.75, 3.05) is 30.9 Å². The van der Waals surface area contributed by atoms with Gasteiger partial charge in [-0.2, -0.15) is 0 Å². The maximum atomic E-state index is 12.8. The van der Waals surface area contributed by atoms with Gasteiger partial charge in [-0.25, -0.2) is 18.0 Å². The Bertz CT molecular complexity index is 1020. The second-order valence-corrected chi connectivity index (χ2v) is 7.30. The summed E-state index contributed by atoms with van der Waals surface area (Å²) in [4.78, 5) is 34.6. The number of nitrogens with one attached hydrogen (secondary N) is 2. The van der Waals surface area contributed by atoms with Gasteiger partial charge in [-0.3, -0.25) is 9.52 Å². The third-order valence-corrected chi connectivity index (χ3v) is 4.96. The van der Waals surface area contributed by atoms with Gasteiger partial charge in [0.1, 0.15) is 6.61 Å². The van der Waals surface area contributed by atoms with E-state index in [1.165, 1.54) is 24.3 Å².